The topological polar surface area (TPSA) is 20.3 Å². The lowest BCUT2D eigenvalue weighted by atomic mass is 9.52. The van der Waals surface area contributed by atoms with E-state index in [0.717, 1.165) is 42.8 Å². The molecule has 0 saturated heterocycles. The Morgan fingerprint density at radius 1 is 1.04 bits per heavy atom. The van der Waals surface area contributed by atoms with Crippen LogP contribution >= 0.6 is 12.4 Å². The molecular weight excluding hydrogens is 330 g/mol. The molecule has 0 N–H and O–H groups in total. The summed E-state index contributed by atoms with van der Waals surface area (Å²) in [6.45, 7) is 4.56. The summed E-state index contributed by atoms with van der Waals surface area (Å²) < 4.78 is 0. The highest BCUT2D eigenvalue weighted by molar-refractivity contribution is 5.95. The van der Waals surface area contributed by atoms with Gasteiger partial charge in [-0.05, 0) is 75.8 Å². The van der Waals surface area contributed by atoms with Crippen LogP contribution in [0.1, 0.15) is 68.6 Å². The lowest BCUT2D eigenvalue weighted by Gasteiger charge is -2.60. The molecule has 25 heavy (non-hydrogen) atoms. The molecule has 0 radical (unpaired) electrons. The SMILES string of the molecule is CCN(CCCC(=O)c1ccccc1)C12CC3CC(CC(C3)C1)C2.Cl. The summed E-state index contributed by atoms with van der Waals surface area (Å²) in [5.74, 6) is 3.29. The van der Waals surface area contributed by atoms with Crippen LogP contribution in [0.25, 0.3) is 0 Å². The summed E-state index contributed by atoms with van der Waals surface area (Å²) in [5.41, 5.74) is 1.36. The summed E-state index contributed by atoms with van der Waals surface area (Å²) in [4.78, 5) is 15.1. The third kappa shape index (κ3) is 3.80. The van der Waals surface area contributed by atoms with E-state index in [1.165, 1.54) is 38.5 Å². The molecule has 0 amide bonds. The number of halogens is 1. The number of carbonyl (C=O) groups excluding carboxylic acids is 1. The van der Waals surface area contributed by atoms with Gasteiger partial charge in [0, 0.05) is 17.5 Å². The highest BCUT2D eigenvalue weighted by atomic mass is 35.5. The smallest absolute Gasteiger partial charge is 0.162 e. The maximum Gasteiger partial charge on any atom is 0.162 e. The van der Waals surface area contributed by atoms with Crippen LogP contribution in [0.3, 0.4) is 0 Å². The molecule has 1 aromatic carbocycles. The molecule has 0 atom stereocenters. The Kier molecular flexibility index (Phi) is 5.90. The first kappa shape index (κ1) is 18.9. The largest absolute Gasteiger partial charge is 0.298 e. The molecule has 1 aromatic rings. The van der Waals surface area contributed by atoms with E-state index < -0.39 is 0 Å². The van der Waals surface area contributed by atoms with E-state index in [2.05, 4.69) is 11.8 Å². The van der Waals surface area contributed by atoms with E-state index >= 15 is 0 Å². The molecule has 4 bridgehead atoms. The van der Waals surface area contributed by atoms with Crippen molar-refractivity contribution in [1.82, 2.24) is 4.90 Å². The van der Waals surface area contributed by atoms with Gasteiger partial charge < -0.3 is 0 Å². The standard InChI is InChI=1S/C22H31NO.ClH/c1-2-23(10-6-9-21(24)20-7-4-3-5-8-20)22-14-17-11-18(15-22)13-19(12-17)16-22;/h3-5,7-8,17-19H,2,6,9-16H2,1H3;1H. The fraction of sp³-hybridized carbons (Fsp3) is 0.682. The van der Waals surface area contributed by atoms with Crippen molar-refractivity contribution in [2.24, 2.45) is 17.8 Å². The van der Waals surface area contributed by atoms with Gasteiger partial charge in [-0.3, -0.25) is 9.69 Å². The first-order valence-electron chi connectivity index (χ1n) is 10.0. The fourth-order valence-electron chi connectivity index (χ4n) is 6.38. The second-order valence-corrected chi connectivity index (χ2v) is 8.61. The van der Waals surface area contributed by atoms with Crippen molar-refractivity contribution in [3.8, 4) is 0 Å². The van der Waals surface area contributed by atoms with Crippen LogP contribution in [0.15, 0.2) is 30.3 Å². The molecule has 5 rings (SSSR count). The fourth-order valence-corrected chi connectivity index (χ4v) is 6.38. The Morgan fingerprint density at radius 2 is 1.60 bits per heavy atom. The van der Waals surface area contributed by atoms with Crippen LogP contribution in [0.2, 0.25) is 0 Å². The molecule has 0 heterocycles. The number of ketones is 1. The predicted octanol–water partition coefficient (Wildman–Crippen LogP) is 5.36. The van der Waals surface area contributed by atoms with E-state index in [-0.39, 0.29) is 12.4 Å². The number of hydrogen-bond donors (Lipinski definition) is 0. The molecule has 3 heteroatoms. The normalized spacial score (nSPS) is 32.6. The summed E-state index contributed by atoms with van der Waals surface area (Å²) in [6.07, 6.45) is 10.5. The van der Waals surface area contributed by atoms with Crippen molar-refractivity contribution < 1.29 is 4.79 Å². The number of benzene rings is 1. The maximum atomic E-state index is 12.3. The van der Waals surface area contributed by atoms with Crippen molar-refractivity contribution in [3.05, 3.63) is 35.9 Å². The molecule has 0 spiro atoms. The Bertz CT molecular complexity index is 550. The molecule has 138 valence electrons. The zero-order chi connectivity index (χ0) is 16.6. The second-order valence-electron chi connectivity index (χ2n) is 8.61. The van der Waals surface area contributed by atoms with Gasteiger partial charge in [-0.2, -0.15) is 0 Å². The van der Waals surface area contributed by atoms with Gasteiger partial charge >= 0.3 is 0 Å². The number of Topliss-reactive ketones (excluding diaryl/α,β-unsaturated/α-hetero) is 1. The van der Waals surface area contributed by atoms with Crippen LogP contribution in [0.5, 0.6) is 0 Å². The molecule has 4 aliphatic rings. The lowest BCUT2D eigenvalue weighted by molar-refractivity contribution is -0.0872. The van der Waals surface area contributed by atoms with Crippen molar-refractivity contribution in [3.63, 3.8) is 0 Å². The van der Waals surface area contributed by atoms with Gasteiger partial charge in [0.15, 0.2) is 5.78 Å². The lowest BCUT2D eigenvalue weighted by Crippen LogP contribution is -2.60. The summed E-state index contributed by atoms with van der Waals surface area (Å²) in [5, 5.41) is 0. The Balaban J connectivity index is 0.00000182. The monoisotopic (exact) mass is 361 g/mol. The van der Waals surface area contributed by atoms with E-state index in [0.29, 0.717) is 17.7 Å². The highest BCUT2D eigenvalue weighted by Gasteiger charge is 2.52. The number of rotatable bonds is 7. The molecule has 4 fully saturated rings. The van der Waals surface area contributed by atoms with Crippen molar-refractivity contribution in [2.75, 3.05) is 13.1 Å². The van der Waals surface area contributed by atoms with Gasteiger partial charge in [0.1, 0.15) is 0 Å². The third-order valence-electron chi connectivity index (χ3n) is 6.99. The zero-order valence-corrected chi connectivity index (χ0v) is 16.3. The molecule has 0 aliphatic heterocycles. The highest BCUT2D eigenvalue weighted by Crippen LogP contribution is 2.57. The van der Waals surface area contributed by atoms with Crippen LogP contribution in [0, 0.1) is 17.8 Å². The number of hydrogen-bond acceptors (Lipinski definition) is 2. The van der Waals surface area contributed by atoms with E-state index in [4.69, 9.17) is 0 Å². The van der Waals surface area contributed by atoms with Gasteiger partial charge in [0.05, 0.1) is 0 Å². The predicted molar refractivity (Wildman–Crippen MR) is 105 cm³/mol. The number of nitrogens with zero attached hydrogens (tertiary/aromatic N) is 1. The van der Waals surface area contributed by atoms with E-state index in [1.807, 2.05) is 30.3 Å². The number of carbonyl (C=O) groups is 1. The van der Waals surface area contributed by atoms with Crippen LogP contribution < -0.4 is 0 Å². The van der Waals surface area contributed by atoms with Gasteiger partial charge in [0.2, 0.25) is 0 Å². The van der Waals surface area contributed by atoms with Gasteiger partial charge in [-0.25, -0.2) is 0 Å². The third-order valence-corrected chi connectivity index (χ3v) is 6.99. The quantitative estimate of drug-likeness (QED) is 0.609. The minimum Gasteiger partial charge on any atom is -0.298 e. The first-order chi connectivity index (χ1) is 11.7. The molecule has 4 saturated carbocycles. The minimum absolute atomic E-state index is 0. The van der Waals surface area contributed by atoms with Crippen LogP contribution in [-0.2, 0) is 0 Å². The van der Waals surface area contributed by atoms with Gasteiger partial charge in [0.25, 0.3) is 0 Å². The molecular formula is C22H32ClNO. The Labute approximate surface area is 158 Å². The van der Waals surface area contributed by atoms with E-state index in [1.54, 1.807) is 0 Å². The van der Waals surface area contributed by atoms with Gasteiger partial charge in [-0.1, -0.05) is 37.3 Å². The summed E-state index contributed by atoms with van der Waals surface area (Å²) in [7, 11) is 0. The molecule has 0 unspecified atom stereocenters. The van der Waals surface area contributed by atoms with Crippen LogP contribution in [-0.4, -0.2) is 29.3 Å². The average molecular weight is 362 g/mol. The minimum atomic E-state index is 0. The van der Waals surface area contributed by atoms with E-state index in [9.17, 15) is 4.79 Å². The molecule has 2 nitrogen and oxygen atoms in total. The summed E-state index contributed by atoms with van der Waals surface area (Å²) in [6, 6.07) is 9.78. The zero-order valence-electron chi connectivity index (χ0n) is 15.5. The molecule has 0 aromatic heterocycles. The maximum absolute atomic E-state index is 12.3. The second kappa shape index (κ2) is 7.80. The van der Waals surface area contributed by atoms with Crippen molar-refractivity contribution in [2.45, 2.75) is 63.8 Å². The van der Waals surface area contributed by atoms with Crippen molar-refractivity contribution >= 4 is 18.2 Å². The van der Waals surface area contributed by atoms with Crippen molar-refractivity contribution in [1.29, 1.82) is 0 Å². The Hall–Kier alpha value is -0.860. The van der Waals surface area contributed by atoms with Crippen LogP contribution in [0.4, 0.5) is 0 Å². The Morgan fingerprint density at radius 3 is 2.12 bits per heavy atom. The molecule has 4 aliphatic carbocycles. The first-order valence-corrected chi connectivity index (χ1v) is 10.0. The van der Waals surface area contributed by atoms with Gasteiger partial charge in [-0.15, -0.1) is 12.4 Å². The average Bonchev–Trinajstić information content (AvgIpc) is 2.58. The summed E-state index contributed by atoms with van der Waals surface area (Å²) >= 11 is 0.